The lowest BCUT2D eigenvalue weighted by atomic mass is 9.56. The molecule has 4 fully saturated rings. The lowest BCUT2D eigenvalue weighted by molar-refractivity contribution is -0.147. The normalized spacial score (nSPS) is 37.0. The fourth-order valence-corrected chi connectivity index (χ4v) is 4.79. The standard InChI is InChI=1S/C18H27FN4O2/c1-22(2)16(25)17-3-6-18(7-4-17,8-5-17)21-11-15(24)23-12-13(19)9-14(23)10-20/h13-14,21H,3-9,11-12H2,1-2H3/t13-,14-,17?,18?/m0/s1. The molecule has 7 heteroatoms. The van der Waals surface area contributed by atoms with Crippen LogP contribution in [0.25, 0.3) is 0 Å². The largest absolute Gasteiger partial charge is 0.348 e. The zero-order chi connectivity index (χ0) is 18.2. The number of carbonyl (C=O) groups is 2. The van der Waals surface area contributed by atoms with Crippen LogP contribution in [0.15, 0.2) is 0 Å². The summed E-state index contributed by atoms with van der Waals surface area (Å²) in [5, 5.41) is 12.5. The van der Waals surface area contributed by atoms with Gasteiger partial charge in [-0.05, 0) is 38.5 Å². The third kappa shape index (κ3) is 3.24. The van der Waals surface area contributed by atoms with Crippen molar-refractivity contribution in [2.45, 2.75) is 62.7 Å². The highest BCUT2D eigenvalue weighted by Crippen LogP contribution is 2.53. The van der Waals surface area contributed by atoms with E-state index in [2.05, 4.69) is 5.32 Å². The lowest BCUT2D eigenvalue weighted by Crippen LogP contribution is -2.59. The van der Waals surface area contributed by atoms with Gasteiger partial charge >= 0.3 is 0 Å². The number of hydrogen-bond donors (Lipinski definition) is 1. The van der Waals surface area contributed by atoms with Gasteiger partial charge in [-0.1, -0.05) is 0 Å². The Morgan fingerprint density at radius 1 is 1.24 bits per heavy atom. The van der Waals surface area contributed by atoms with Gasteiger partial charge in [0.15, 0.2) is 0 Å². The summed E-state index contributed by atoms with van der Waals surface area (Å²) in [6.45, 7) is 0.158. The van der Waals surface area contributed by atoms with Crippen molar-refractivity contribution < 1.29 is 14.0 Å². The van der Waals surface area contributed by atoms with Gasteiger partial charge in [-0.15, -0.1) is 0 Å². The summed E-state index contributed by atoms with van der Waals surface area (Å²) in [5.74, 6) is 0.0210. The van der Waals surface area contributed by atoms with Crippen LogP contribution in [0, 0.1) is 16.7 Å². The first kappa shape index (κ1) is 18.1. The molecular weight excluding hydrogens is 323 g/mol. The predicted molar refractivity (Wildman–Crippen MR) is 90.2 cm³/mol. The van der Waals surface area contributed by atoms with Crippen LogP contribution in [-0.2, 0) is 9.59 Å². The minimum Gasteiger partial charge on any atom is -0.348 e. The van der Waals surface area contributed by atoms with Crippen molar-refractivity contribution in [1.82, 2.24) is 15.1 Å². The summed E-state index contributed by atoms with van der Waals surface area (Å²) in [6.07, 6.45) is 4.21. The molecule has 3 aliphatic carbocycles. The Hall–Kier alpha value is -1.68. The fraction of sp³-hybridized carbons (Fsp3) is 0.833. The summed E-state index contributed by atoms with van der Waals surface area (Å²) in [5.41, 5.74) is -0.319. The van der Waals surface area contributed by atoms with Crippen LogP contribution in [0.4, 0.5) is 4.39 Å². The van der Waals surface area contributed by atoms with Gasteiger partial charge in [-0.2, -0.15) is 5.26 Å². The molecule has 0 aromatic carbocycles. The van der Waals surface area contributed by atoms with E-state index in [1.165, 1.54) is 4.90 Å². The summed E-state index contributed by atoms with van der Waals surface area (Å²) in [6, 6.07) is 1.37. The van der Waals surface area contributed by atoms with Crippen LogP contribution in [0.3, 0.4) is 0 Å². The third-order valence-electron chi connectivity index (χ3n) is 6.44. The van der Waals surface area contributed by atoms with E-state index in [0.29, 0.717) is 0 Å². The number of halogens is 1. The third-order valence-corrected chi connectivity index (χ3v) is 6.44. The molecule has 0 radical (unpaired) electrons. The number of nitriles is 1. The molecule has 2 amide bonds. The van der Waals surface area contributed by atoms with Crippen molar-refractivity contribution in [2.24, 2.45) is 5.41 Å². The highest BCUT2D eigenvalue weighted by molar-refractivity contribution is 5.83. The minimum atomic E-state index is -1.10. The van der Waals surface area contributed by atoms with Crippen LogP contribution >= 0.6 is 0 Å². The summed E-state index contributed by atoms with van der Waals surface area (Å²) in [7, 11) is 3.62. The maximum absolute atomic E-state index is 13.5. The molecule has 1 saturated heterocycles. The van der Waals surface area contributed by atoms with Gasteiger partial charge in [0.25, 0.3) is 0 Å². The predicted octanol–water partition coefficient (Wildman–Crippen LogP) is 1.22. The number of likely N-dealkylation sites (tertiary alicyclic amines) is 1. The Morgan fingerprint density at radius 2 is 1.84 bits per heavy atom. The van der Waals surface area contributed by atoms with E-state index < -0.39 is 12.2 Å². The van der Waals surface area contributed by atoms with Crippen LogP contribution in [0.5, 0.6) is 0 Å². The lowest BCUT2D eigenvalue weighted by Gasteiger charge is -2.53. The van der Waals surface area contributed by atoms with Gasteiger partial charge in [-0.3, -0.25) is 9.59 Å². The summed E-state index contributed by atoms with van der Waals surface area (Å²) in [4.78, 5) is 28.0. The smallest absolute Gasteiger partial charge is 0.237 e. The molecule has 1 aliphatic heterocycles. The van der Waals surface area contributed by atoms with Crippen LogP contribution < -0.4 is 5.32 Å². The number of alkyl halides is 1. The second kappa shape index (κ2) is 6.56. The maximum atomic E-state index is 13.5. The fourth-order valence-electron chi connectivity index (χ4n) is 4.79. The average molecular weight is 350 g/mol. The molecule has 1 heterocycles. The molecule has 4 aliphatic rings. The summed E-state index contributed by atoms with van der Waals surface area (Å²) < 4.78 is 13.5. The molecule has 138 valence electrons. The van der Waals surface area contributed by atoms with E-state index in [-0.39, 0.29) is 42.3 Å². The second-order valence-electron chi connectivity index (χ2n) is 8.14. The zero-order valence-electron chi connectivity index (χ0n) is 15.1. The number of amides is 2. The molecule has 0 aromatic rings. The Morgan fingerprint density at radius 3 is 2.36 bits per heavy atom. The van der Waals surface area contributed by atoms with Crippen molar-refractivity contribution in [3.8, 4) is 6.07 Å². The molecule has 2 atom stereocenters. The minimum absolute atomic E-state index is 0.0200. The SMILES string of the molecule is CN(C)C(=O)C12CCC(NCC(=O)N3C[C@@H](F)C[C@H]3C#N)(CC1)CC2. The van der Waals surface area contributed by atoms with E-state index >= 15 is 0 Å². The molecule has 1 N–H and O–H groups in total. The molecule has 25 heavy (non-hydrogen) atoms. The quantitative estimate of drug-likeness (QED) is 0.827. The Balaban J connectivity index is 1.56. The molecule has 3 saturated carbocycles. The van der Waals surface area contributed by atoms with Crippen molar-refractivity contribution in [3.05, 3.63) is 0 Å². The van der Waals surface area contributed by atoms with Crippen LogP contribution in [-0.4, -0.2) is 66.6 Å². The first-order valence-electron chi connectivity index (χ1n) is 9.11. The molecule has 6 nitrogen and oxygen atoms in total. The first-order valence-corrected chi connectivity index (χ1v) is 9.11. The molecule has 0 spiro atoms. The average Bonchev–Trinajstić information content (AvgIpc) is 3.01. The number of rotatable bonds is 4. The van der Waals surface area contributed by atoms with Gasteiger partial charge in [-0.25, -0.2) is 4.39 Å². The molecule has 0 unspecified atom stereocenters. The van der Waals surface area contributed by atoms with Gasteiger partial charge in [0, 0.05) is 31.5 Å². The second-order valence-corrected chi connectivity index (χ2v) is 8.14. The van der Waals surface area contributed by atoms with E-state index in [1.54, 1.807) is 4.90 Å². The molecule has 2 bridgehead atoms. The first-order chi connectivity index (χ1) is 11.8. The van der Waals surface area contributed by atoms with Crippen LogP contribution in [0.2, 0.25) is 0 Å². The monoisotopic (exact) mass is 350 g/mol. The van der Waals surface area contributed by atoms with Crippen molar-refractivity contribution in [1.29, 1.82) is 5.26 Å². The van der Waals surface area contributed by atoms with Gasteiger partial charge < -0.3 is 15.1 Å². The van der Waals surface area contributed by atoms with Crippen molar-refractivity contribution >= 4 is 11.8 Å². The zero-order valence-corrected chi connectivity index (χ0v) is 15.1. The molecule has 4 rings (SSSR count). The number of nitrogens with one attached hydrogen (secondary N) is 1. The maximum Gasteiger partial charge on any atom is 0.237 e. The van der Waals surface area contributed by atoms with Crippen molar-refractivity contribution in [3.63, 3.8) is 0 Å². The van der Waals surface area contributed by atoms with E-state index in [4.69, 9.17) is 5.26 Å². The Bertz CT molecular complexity index is 576. The van der Waals surface area contributed by atoms with E-state index in [0.717, 1.165) is 38.5 Å². The highest BCUT2D eigenvalue weighted by Gasteiger charge is 2.52. The number of carbonyl (C=O) groups excluding carboxylic acids is 2. The van der Waals surface area contributed by atoms with E-state index in [1.807, 2.05) is 20.2 Å². The van der Waals surface area contributed by atoms with Crippen molar-refractivity contribution in [2.75, 3.05) is 27.2 Å². The van der Waals surface area contributed by atoms with Gasteiger partial charge in [0.05, 0.1) is 19.2 Å². The summed E-state index contributed by atoms with van der Waals surface area (Å²) >= 11 is 0. The van der Waals surface area contributed by atoms with E-state index in [9.17, 15) is 14.0 Å². The van der Waals surface area contributed by atoms with Gasteiger partial charge in [0.1, 0.15) is 12.2 Å². The van der Waals surface area contributed by atoms with Gasteiger partial charge in [0.2, 0.25) is 11.8 Å². The number of hydrogen-bond acceptors (Lipinski definition) is 4. The van der Waals surface area contributed by atoms with Crippen LogP contribution in [0.1, 0.15) is 44.9 Å². The highest BCUT2D eigenvalue weighted by atomic mass is 19.1. The Kier molecular flexibility index (Phi) is 4.76. The molecule has 0 aromatic heterocycles. The topological polar surface area (TPSA) is 76.4 Å². The number of nitrogens with zero attached hydrogens (tertiary/aromatic N) is 3. The molecular formula is C18H27FN4O2. The Labute approximate surface area is 148 Å². The number of fused-ring (bicyclic) bond motifs is 3.